The number of carbonyl (C=O) groups is 1. The quantitative estimate of drug-likeness (QED) is 0.861. The summed E-state index contributed by atoms with van der Waals surface area (Å²) in [6, 6.07) is 6.12. The molecule has 112 valence electrons. The van der Waals surface area contributed by atoms with Crippen LogP contribution in [0.5, 0.6) is 0 Å². The van der Waals surface area contributed by atoms with Gasteiger partial charge in [-0.05, 0) is 48.4 Å². The van der Waals surface area contributed by atoms with E-state index in [0.717, 1.165) is 22.2 Å². The van der Waals surface area contributed by atoms with Gasteiger partial charge in [0.05, 0.1) is 0 Å². The van der Waals surface area contributed by atoms with E-state index in [1.54, 1.807) is 0 Å². The summed E-state index contributed by atoms with van der Waals surface area (Å²) in [5.41, 5.74) is 4.52. The lowest BCUT2D eigenvalue weighted by Gasteiger charge is -2.07. The fourth-order valence-corrected chi connectivity index (χ4v) is 3.37. The van der Waals surface area contributed by atoms with Crippen LogP contribution in [-0.2, 0) is 0 Å². The van der Waals surface area contributed by atoms with E-state index in [1.165, 1.54) is 5.56 Å². The highest BCUT2D eigenvalue weighted by Crippen LogP contribution is 2.62. The van der Waals surface area contributed by atoms with Crippen molar-refractivity contribution in [3.05, 3.63) is 35.0 Å². The van der Waals surface area contributed by atoms with Gasteiger partial charge in [0.25, 0.3) is 5.91 Å². The molecule has 2 N–H and O–H groups in total. The van der Waals surface area contributed by atoms with Crippen molar-refractivity contribution in [2.24, 2.45) is 10.8 Å². The van der Waals surface area contributed by atoms with Crippen LogP contribution < -0.4 is 5.32 Å². The predicted molar refractivity (Wildman–Crippen MR) is 86.6 cm³/mol. The maximum Gasteiger partial charge on any atom is 0.251 e. The topological polar surface area (TPSA) is 44.9 Å². The van der Waals surface area contributed by atoms with Gasteiger partial charge >= 0.3 is 0 Å². The first kappa shape index (κ1) is 14.2. The number of hydrogen-bond acceptors (Lipinski definition) is 1. The van der Waals surface area contributed by atoms with Crippen LogP contribution in [0, 0.1) is 24.7 Å². The molecule has 1 aliphatic rings. The predicted octanol–water partition coefficient (Wildman–Crippen LogP) is 3.95. The second kappa shape index (κ2) is 4.12. The summed E-state index contributed by atoms with van der Waals surface area (Å²) in [4.78, 5) is 15.9. The Kier molecular flexibility index (Phi) is 2.78. The first-order valence-corrected chi connectivity index (χ1v) is 7.56. The largest absolute Gasteiger partial charge is 0.358 e. The second-order valence-corrected chi connectivity index (χ2v) is 7.49. The maximum absolute atomic E-state index is 12.5. The fraction of sp³-hybridized carbons (Fsp3) is 0.500. The zero-order valence-corrected chi connectivity index (χ0v) is 13.7. The summed E-state index contributed by atoms with van der Waals surface area (Å²) in [5, 5.41) is 4.33. The van der Waals surface area contributed by atoms with Crippen molar-refractivity contribution in [1.29, 1.82) is 0 Å². The van der Waals surface area contributed by atoms with Gasteiger partial charge in [-0.1, -0.05) is 27.7 Å². The normalized spacial score (nSPS) is 19.7. The molecule has 0 aliphatic heterocycles. The highest BCUT2D eigenvalue weighted by atomic mass is 16.1. The number of aromatic amines is 1. The smallest absolute Gasteiger partial charge is 0.251 e. The molecule has 2 aromatic rings. The van der Waals surface area contributed by atoms with Crippen molar-refractivity contribution in [3.8, 4) is 0 Å². The molecule has 0 radical (unpaired) electrons. The minimum Gasteiger partial charge on any atom is -0.358 e. The summed E-state index contributed by atoms with van der Waals surface area (Å²) in [6.45, 7) is 13.0. The van der Waals surface area contributed by atoms with Crippen LogP contribution >= 0.6 is 0 Å². The van der Waals surface area contributed by atoms with Crippen LogP contribution in [0.25, 0.3) is 10.9 Å². The Morgan fingerprint density at radius 2 is 1.76 bits per heavy atom. The van der Waals surface area contributed by atoms with Crippen LogP contribution in [0.1, 0.15) is 49.3 Å². The Morgan fingerprint density at radius 1 is 1.14 bits per heavy atom. The van der Waals surface area contributed by atoms with Crippen molar-refractivity contribution in [3.63, 3.8) is 0 Å². The minimum atomic E-state index is 0.0267. The molecular weight excluding hydrogens is 260 g/mol. The van der Waals surface area contributed by atoms with Crippen LogP contribution in [0.4, 0.5) is 0 Å². The molecule has 1 saturated carbocycles. The molecule has 0 spiro atoms. The van der Waals surface area contributed by atoms with Gasteiger partial charge in [0.15, 0.2) is 0 Å². The molecule has 3 rings (SSSR count). The fourth-order valence-electron chi connectivity index (χ4n) is 3.37. The molecule has 1 aromatic carbocycles. The molecule has 0 saturated heterocycles. The third-order valence-electron chi connectivity index (χ3n) is 5.87. The summed E-state index contributed by atoms with van der Waals surface area (Å²) in [7, 11) is 0. The van der Waals surface area contributed by atoms with Gasteiger partial charge < -0.3 is 10.3 Å². The lowest BCUT2D eigenvalue weighted by molar-refractivity contribution is 0.0944. The number of aryl methyl sites for hydroxylation is 2. The maximum atomic E-state index is 12.5. The van der Waals surface area contributed by atoms with E-state index >= 15 is 0 Å². The molecule has 1 heterocycles. The van der Waals surface area contributed by atoms with Crippen LogP contribution in [-0.4, -0.2) is 16.9 Å². The van der Waals surface area contributed by atoms with E-state index in [0.29, 0.717) is 0 Å². The highest BCUT2D eigenvalue weighted by Gasteiger charge is 2.65. The Hall–Kier alpha value is -1.77. The molecule has 3 heteroatoms. The number of H-pyrrole nitrogens is 1. The van der Waals surface area contributed by atoms with Crippen LogP contribution in [0.3, 0.4) is 0 Å². The van der Waals surface area contributed by atoms with Gasteiger partial charge in [-0.25, -0.2) is 0 Å². The molecule has 21 heavy (non-hydrogen) atoms. The Bertz CT molecular complexity index is 723. The average molecular weight is 284 g/mol. The number of fused-ring (bicyclic) bond motifs is 1. The van der Waals surface area contributed by atoms with E-state index in [4.69, 9.17) is 0 Å². The summed E-state index contributed by atoms with van der Waals surface area (Å²) < 4.78 is 0. The molecular formula is C18H24N2O. The number of rotatable bonds is 2. The Morgan fingerprint density at radius 3 is 2.33 bits per heavy atom. The Labute approximate surface area is 126 Å². The first-order valence-electron chi connectivity index (χ1n) is 7.56. The van der Waals surface area contributed by atoms with Gasteiger partial charge in [0, 0.05) is 28.2 Å². The highest BCUT2D eigenvalue weighted by molar-refractivity contribution is 5.99. The van der Waals surface area contributed by atoms with Crippen molar-refractivity contribution < 1.29 is 4.79 Å². The summed E-state index contributed by atoms with van der Waals surface area (Å²) >= 11 is 0. The third kappa shape index (κ3) is 1.90. The molecule has 1 fully saturated rings. The van der Waals surface area contributed by atoms with Crippen LogP contribution in [0.2, 0.25) is 0 Å². The number of aromatic nitrogens is 1. The average Bonchev–Trinajstić information content (AvgIpc) is 2.67. The number of benzene rings is 1. The SMILES string of the molecule is Cc1[nH]c2ccc(C(=O)NC3C(C)(C)C3(C)C)cc2c1C. The van der Waals surface area contributed by atoms with E-state index in [2.05, 4.69) is 51.8 Å². The molecule has 0 bridgehead atoms. The number of amides is 1. The first-order chi connectivity index (χ1) is 9.66. The van der Waals surface area contributed by atoms with Gasteiger partial charge in [0.2, 0.25) is 0 Å². The van der Waals surface area contributed by atoms with Crippen molar-refractivity contribution in [1.82, 2.24) is 10.3 Å². The van der Waals surface area contributed by atoms with Gasteiger partial charge in [0.1, 0.15) is 0 Å². The standard InChI is InChI=1S/C18H24N2O/c1-10-11(2)19-14-8-7-12(9-13(10)14)15(21)20-16-17(3,4)18(16,5)6/h7-9,16,19H,1-6H3,(H,20,21). The van der Waals surface area contributed by atoms with E-state index < -0.39 is 0 Å². The van der Waals surface area contributed by atoms with Gasteiger partial charge in [-0.15, -0.1) is 0 Å². The molecule has 1 amide bonds. The molecule has 0 unspecified atom stereocenters. The number of hydrogen-bond donors (Lipinski definition) is 2. The number of nitrogens with one attached hydrogen (secondary N) is 2. The van der Waals surface area contributed by atoms with Crippen molar-refractivity contribution in [2.75, 3.05) is 0 Å². The zero-order chi connectivity index (χ0) is 15.6. The summed E-state index contributed by atoms with van der Waals surface area (Å²) in [5.74, 6) is 0.0267. The molecule has 0 atom stereocenters. The zero-order valence-electron chi connectivity index (χ0n) is 13.7. The summed E-state index contributed by atoms with van der Waals surface area (Å²) in [6.07, 6.45) is 0. The molecule has 1 aromatic heterocycles. The van der Waals surface area contributed by atoms with Gasteiger partial charge in [-0.3, -0.25) is 4.79 Å². The van der Waals surface area contributed by atoms with E-state index in [-0.39, 0.29) is 22.8 Å². The second-order valence-electron chi connectivity index (χ2n) is 7.49. The van der Waals surface area contributed by atoms with E-state index in [1.807, 2.05) is 18.2 Å². The monoisotopic (exact) mass is 284 g/mol. The van der Waals surface area contributed by atoms with Crippen molar-refractivity contribution >= 4 is 16.8 Å². The lowest BCUT2D eigenvalue weighted by Crippen LogP contribution is -2.29. The van der Waals surface area contributed by atoms with E-state index in [9.17, 15) is 4.79 Å². The van der Waals surface area contributed by atoms with Crippen LogP contribution in [0.15, 0.2) is 18.2 Å². The van der Waals surface area contributed by atoms with Gasteiger partial charge in [-0.2, -0.15) is 0 Å². The molecule has 1 aliphatic carbocycles. The van der Waals surface area contributed by atoms with Crippen molar-refractivity contribution in [2.45, 2.75) is 47.6 Å². The minimum absolute atomic E-state index is 0.0267. The molecule has 3 nitrogen and oxygen atoms in total. The lowest BCUT2D eigenvalue weighted by atomic mass is 10.0. The number of carbonyl (C=O) groups excluding carboxylic acids is 1. The third-order valence-corrected chi connectivity index (χ3v) is 5.87. The Balaban J connectivity index is 1.88.